The van der Waals surface area contributed by atoms with Gasteiger partial charge in [0.2, 0.25) is 0 Å². The third-order valence-corrected chi connectivity index (χ3v) is 7.69. The topological polar surface area (TPSA) is 43.8 Å². The van der Waals surface area contributed by atoms with E-state index < -0.39 is 0 Å². The summed E-state index contributed by atoms with van der Waals surface area (Å²) in [5.74, 6) is 1.41. The number of nitrogens with zero attached hydrogens (tertiary/aromatic N) is 4. The van der Waals surface area contributed by atoms with Crippen molar-refractivity contribution >= 4 is 33.5 Å². The van der Waals surface area contributed by atoms with Crippen LogP contribution in [0.4, 0.5) is 16.4 Å². The molecule has 166 valence electrons. The number of aromatic nitrogens is 1. The molecule has 0 saturated carbocycles. The summed E-state index contributed by atoms with van der Waals surface area (Å²) >= 11 is 1.76. The largest absolute Gasteiger partial charge is 0.352 e. The van der Waals surface area contributed by atoms with Crippen molar-refractivity contribution in [1.29, 1.82) is 0 Å². The monoisotopic (exact) mass is 445 g/mol. The van der Waals surface area contributed by atoms with Gasteiger partial charge in [-0.1, -0.05) is 56.3 Å². The first-order valence-corrected chi connectivity index (χ1v) is 12.3. The number of amidine groups is 1. The van der Waals surface area contributed by atoms with Crippen LogP contribution in [0.2, 0.25) is 0 Å². The van der Waals surface area contributed by atoms with Crippen LogP contribution in [0.5, 0.6) is 0 Å². The molecule has 6 heteroatoms. The molecule has 0 bridgehead atoms. The highest BCUT2D eigenvalue weighted by molar-refractivity contribution is 7.16. The molecule has 1 atom stereocenters. The molecule has 0 amide bonds. The number of fused-ring (bicyclic) bond motifs is 2. The standard InChI is InChI=1S/C26H31N5S/c1-18(2)25-29-23-24(27-21-11-7-8-12-22(21)28-26(23)32-25)31-16-15-30(3)20(17-31)14-13-19-9-5-4-6-10-19/h4-12,18,20,28H,13-17H2,1-3H3. The van der Waals surface area contributed by atoms with E-state index >= 15 is 0 Å². The number of benzene rings is 2. The van der Waals surface area contributed by atoms with Gasteiger partial charge in [0.25, 0.3) is 0 Å². The zero-order chi connectivity index (χ0) is 22.1. The van der Waals surface area contributed by atoms with Crippen molar-refractivity contribution in [2.75, 3.05) is 32.0 Å². The Bertz CT molecular complexity index is 1100. The van der Waals surface area contributed by atoms with Crippen LogP contribution < -0.4 is 5.32 Å². The van der Waals surface area contributed by atoms with Gasteiger partial charge < -0.3 is 10.2 Å². The Kier molecular flexibility index (Phi) is 5.98. The van der Waals surface area contributed by atoms with Gasteiger partial charge >= 0.3 is 0 Å². The molecule has 1 aromatic heterocycles. The number of para-hydroxylation sites is 2. The van der Waals surface area contributed by atoms with Gasteiger partial charge in [0.1, 0.15) is 10.7 Å². The summed E-state index contributed by atoms with van der Waals surface area (Å²) in [7, 11) is 2.25. The summed E-state index contributed by atoms with van der Waals surface area (Å²) in [4.78, 5) is 15.2. The quantitative estimate of drug-likeness (QED) is 0.563. The highest BCUT2D eigenvalue weighted by Gasteiger charge is 2.31. The Labute approximate surface area is 194 Å². The van der Waals surface area contributed by atoms with Crippen LogP contribution in [-0.4, -0.2) is 53.3 Å². The minimum Gasteiger partial charge on any atom is -0.352 e. The number of rotatable bonds is 4. The molecule has 1 saturated heterocycles. The second kappa shape index (κ2) is 9.04. The molecular weight excluding hydrogens is 414 g/mol. The first kappa shape index (κ1) is 21.2. The molecule has 32 heavy (non-hydrogen) atoms. The van der Waals surface area contributed by atoms with Gasteiger partial charge in [-0.2, -0.15) is 0 Å². The number of thiazole rings is 1. The van der Waals surface area contributed by atoms with Crippen molar-refractivity contribution in [2.45, 2.75) is 38.6 Å². The Morgan fingerprint density at radius 2 is 1.84 bits per heavy atom. The summed E-state index contributed by atoms with van der Waals surface area (Å²) in [5.41, 5.74) is 4.45. The number of anilines is 2. The highest BCUT2D eigenvalue weighted by atomic mass is 32.1. The first-order valence-electron chi connectivity index (χ1n) is 11.5. The average molecular weight is 446 g/mol. The van der Waals surface area contributed by atoms with Crippen LogP contribution >= 0.6 is 11.3 Å². The molecule has 3 aromatic rings. The number of nitrogens with one attached hydrogen (secondary N) is 1. The SMILES string of the molecule is CC(C)c1nc2c(s1)Nc1ccccc1N=C2N1CCN(C)C(CCc2ccccc2)C1. The van der Waals surface area contributed by atoms with Gasteiger partial charge in [-0.05, 0) is 37.6 Å². The zero-order valence-corrected chi connectivity index (χ0v) is 19.9. The second-order valence-corrected chi connectivity index (χ2v) is 10.1. The molecule has 5 nitrogen and oxygen atoms in total. The summed E-state index contributed by atoms with van der Waals surface area (Å²) in [5, 5.41) is 5.88. The fourth-order valence-electron chi connectivity index (χ4n) is 4.43. The lowest BCUT2D eigenvalue weighted by Crippen LogP contribution is -2.53. The highest BCUT2D eigenvalue weighted by Crippen LogP contribution is 2.39. The molecule has 1 N–H and O–H groups in total. The fourth-order valence-corrected chi connectivity index (χ4v) is 5.41. The van der Waals surface area contributed by atoms with Crippen LogP contribution in [0.1, 0.15) is 42.5 Å². The summed E-state index contributed by atoms with van der Waals surface area (Å²) in [6, 6.07) is 19.6. The Hall–Kier alpha value is -2.70. The number of hydrogen-bond acceptors (Lipinski definition) is 6. The Morgan fingerprint density at radius 3 is 2.66 bits per heavy atom. The number of likely N-dealkylation sites (N-methyl/N-ethyl adjacent to an activating group) is 1. The number of aryl methyl sites for hydroxylation is 1. The predicted octanol–water partition coefficient (Wildman–Crippen LogP) is 5.65. The van der Waals surface area contributed by atoms with E-state index in [1.54, 1.807) is 11.3 Å². The molecule has 3 heterocycles. The molecule has 0 aliphatic carbocycles. The van der Waals surface area contributed by atoms with Crippen LogP contribution in [0.25, 0.3) is 0 Å². The van der Waals surface area contributed by atoms with Crippen molar-refractivity contribution in [3.8, 4) is 0 Å². The van der Waals surface area contributed by atoms with Crippen molar-refractivity contribution in [3.05, 3.63) is 70.9 Å². The van der Waals surface area contributed by atoms with Crippen molar-refractivity contribution in [1.82, 2.24) is 14.8 Å². The second-order valence-electron chi connectivity index (χ2n) is 9.07. The maximum absolute atomic E-state index is 5.16. The van der Waals surface area contributed by atoms with E-state index in [9.17, 15) is 0 Å². The number of aliphatic imine (C=N–C) groups is 1. The van der Waals surface area contributed by atoms with Crippen molar-refractivity contribution < 1.29 is 0 Å². The van der Waals surface area contributed by atoms with E-state index in [2.05, 4.69) is 90.6 Å². The molecule has 2 aromatic carbocycles. The smallest absolute Gasteiger partial charge is 0.158 e. The minimum atomic E-state index is 0.399. The first-order chi connectivity index (χ1) is 15.6. The molecule has 5 rings (SSSR count). The van der Waals surface area contributed by atoms with Gasteiger partial charge in [0.05, 0.1) is 16.4 Å². The molecule has 0 radical (unpaired) electrons. The van der Waals surface area contributed by atoms with Crippen LogP contribution in [0.15, 0.2) is 59.6 Å². The minimum absolute atomic E-state index is 0.399. The normalized spacial score (nSPS) is 18.6. The van der Waals surface area contributed by atoms with E-state index in [0.717, 1.165) is 65.4 Å². The van der Waals surface area contributed by atoms with Crippen LogP contribution in [-0.2, 0) is 6.42 Å². The van der Waals surface area contributed by atoms with E-state index in [1.165, 1.54) is 5.56 Å². The number of hydrogen-bond donors (Lipinski definition) is 1. The van der Waals surface area contributed by atoms with Crippen LogP contribution in [0, 0.1) is 0 Å². The van der Waals surface area contributed by atoms with Gasteiger partial charge in [-0.3, -0.25) is 4.90 Å². The molecule has 2 aliphatic rings. The predicted molar refractivity (Wildman–Crippen MR) is 135 cm³/mol. The molecule has 2 aliphatic heterocycles. The summed E-state index contributed by atoms with van der Waals surface area (Å²) in [6.07, 6.45) is 2.24. The third kappa shape index (κ3) is 4.30. The van der Waals surface area contributed by atoms with E-state index in [1.807, 2.05) is 0 Å². The summed E-state index contributed by atoms with van der Waals surface area (Å²) < 4.78 is 0. The molecular formula is C26H31N5S. The lowest BCUT2D eigenvalue weighted by atomic mass is 10.0. The van der Waals surface area contributed by atoms with Gasteiger partial charge in [-0.15, -0.1) is 11.3 Å². The van der Waals surface area contributed by atoms with E-state index in [-0.39, 0.29) is 0 Å². The maximum atomic E-state index is 5.16. The lowest BCUT2D eigenvalue weighted by molar-refractivity contribution is 0.134. The van der Waals surface area contributed by atoms with Gasteiger partial charge in [0, 0.05) is 31.6 Å². The Morgan fingerprint density at radius 1 is 1.06 bits per heavy atom. The third-order valence-electron chi connectivity index (χ3n) is 6.41. The van der Waals surface area contributed by atoms with Crippen molar-refractivity contribution in [3.63, 3.8) is 0 Å². The molecule has 1 unspecified atom stereocenters. The summed E-state index contributed by atoms with van der Waals surface area (Å²) in [6.45, 7) is 7.38. The zero-order valence-electron chi connectivity index (χ0n) is 19.1. The van der Waals surface area contributed by atoms with Crippen LogP contribution in [0.3, 0.4) is 0 Å². The van der Waals surface area contributed by atoms with E-state index in [0.29, 0.717) is 12.0 Å². The fraction of sp³-hybridized carbons (Fsp3) is 0.385. The van der Waals surface area contributed by atoms with Gasteiger partial charge in [-0.25, -0.2) is 9.98 Å². The van der Waals surface area contributed by atoms with Crippen molar-refractivity contribution in [2.24, 2.45) is 4.99 Å². The Balaban J connectivity index is 1.44. The molecule has 1 fully saturated rings. The lowest BCUT2D eigenvalue weighted by Gasteiger charge is -2.40. The molecule has 0 spiro atoms. The number of piperazine rings is 1. The average Bonchev–Trinajstić information content (AvgIpc) is 3.16. The van der Waals surface area contributed by atoms with Gasteiger partial charge in [0.15, 0.2) is 5.84 Å². The van der Waals surface area contributed by atoms with E-state index in [4.69, 9.17) is 9.98 Å². The maximum Gasteiger partial charge on any atom is 0.158 e.